The van der Waals surface area contributed by atoms with Crippen molar-refractivity contribution < 1.29 is 27.5 Å². The summed E-state index contributed by atoms with van der Waals surface area (Å²) >= 11 is 0. The number of nitrogens with one attached hydrogen (secondary N) is 1. The van der Waals surface area contributed by atoms with Gasteiger partial charge in [-0.3, -0.25) is 4.72 Å². The van der Waals surface area contributed by atoms with Crippen LogP contribution in [0, 0.1) is 0 Å². The fourth-order valence-electron chi connectivity index (χ4n) is 3.50. The van der Waals surface area contributed by atoms with E-state index in [2.05, 4.69) is 9.82 Å². The minimum Gasteiger partial charge on any atom is -0.465 e. The maximum Gasteiger partial charge on any atom is 0.357 e. The van der Waals surface area contributed by atoms with Crippen LogP contribution < -0.4 is 4.72 Å². The van der Waals surface area contributed by atoms with Crippen LogP contribution in [0.25, 0.3) is 16.9 Å². The summed E-state index contributed by atoms with van der Waals surface area (Å²) in [5.74, 6) is -1.58. The molecule has 9 nitrogen and oxygen atoms in total. The first-order chi connectivity index (χ1) is 16.9. The molecule has 0 radical (unpaired) electrons. The molecule has 4 rings (SSSR count). The number of methoxy groups -OCH3 is 2. The van der Waals surface area contributed by atoms with Crippen LogP contribution in [0.15, 0.2) is 89.8 Å². The molecule has 1 N–H and O–H groups in total. The Morgan fingerprint density at radius 2 is 1.46 bits per heavy atom. The zero-order chi connectivity index (χ0) is 25.0. The number of rotatable bonds is 7. The molecule has 1 heterocycles. The molecule has 0 spiro atoms. The van der Waals surface area contributed by atoms with Crippen molar-refractivity contribution in [2.24, 2.45) is 0 Å². The SMILES string of the molecule is COC(=O)c1c(-c2cccc(NS(=O)(=O)c3ccccc3)c2)nn(-c2ccccc2)c1C(=O)OC. The highest BCUT2D eigenvalue weighted by Crippen LogP contribution is 2.31. The Morgan fingerprint density at radius 3 is 2.09 bits per heavy atom. The Bertz CT molecular complexity index is 1480. The van der Waals surface area contributed by atoms with E-state index in [-0.39, 0.29) is 27.5 Å². The molecule has 0 unspecified atom stereocenters. The Kier molecular flexibility index (Phi) is 6.65. The molecule has 0 bridgehead atoms. The summed E-state index contributed by atoms with van der Waals surface area (Å²) in [6, 6.07) is 23.0. The molecule has 0 atom stereocenters. The van der Waals surface area contributed by atoms with E-state index in [4.69, 9.17) is 9.47 Å². The minimum absolute atomic E-state index is 0.0991. The zero-order valence-corrected chi connectivity index (χ0v) is 19.7. The van der Waals surface area contributed by atoms with E-state index < -0.39 is 22.0 Å². The molecule has 0 aliphatic heterocycles. The standard InChI is InChI=1S/C25H21N3O6S/c1-33-24(29)21-22(26-28(23(21)25(30)34-2)19-12-5-3-6-13-19)17-10-9-11-18(16-17)27-35(31,32)20-14-7-4-8-15-20/h3-16,27H,1-2H3. The molecular weight excluding hydrogens is 470 g/mol. The summed E-state index contributed by atoms with van der Waals surface area (Å²) < 4.78 is 39.2. The topological polar surface area (TPSA) is 117 Å². The highest BCUT2D eigenvalue weighted by molar-refractivity contribution is 7.92. The number of sulfonamides is 1. The second-order valence-electron chi connectivity index (χ2n) is 7.30. The van der Waals surface area contributed by atoms with Crippen molar-refractivity contribution in [3.05, 3.63) is 96.2 Å². The van der Waals surface area contributed by atoms with Gasteiger partial charge in [-0.1, -0.05) is 48.5 Å². The Morgan fingerprint density at radius 1 is 0.829 bits per heavy atom. The normalized spacial score (nSPS) is 11.0. The van der Waals surface area contributed by atoms with E-state index in [1.165, 1.54) is 37.1 Å². The number of carbonyl (C=O) groups is 2. The van der Waals surface area contributed by atoms with E-state index in [0.717, 1.165) is 0 Å². The van der Waals surface area contributed by atoms with Crippen molar-refractivity contribution in [3.63, 3.8) is 0 Å². The first-order valence-electron chi connectivity index (χ1n) is 10.4. The van der Waals surface area contributed by atoms with Gasteiger partial charge in [0.1, 0.15) is 11.3 Å². The van der Waals surface area contributed by atoms with E-state index in [1.54, 1.807) is 66.7 Å². The lowest BCUT2D eigenvalue weighted by atomic mass is 10.0. The first-order valence-corrected chi connectivity index (χ1v) is 11.9. The van der Waals surface area contributed by atoms with Crippen LogP contribution in [0.3, 0.4) is 0 Å². The van der Waals surface area contributed by atoms with Gasteiger partial charge in [0, 0.05) is 11.3 Å². The van der Waals surface area contributed by atoms with Gasteiger partial charge in [0.05, 0.1) is 24.8 Å². The molecule has 3 aromatic carbocycles. The van der Waals surface area contributed by atoms with Gasteiger partial charge in [-0.25, -0.2) is 22.7 Å². The molecule has 0 fully saturated rings. The lowest BCUT2D eigenvalue weighted by Gasteiger charge is -2.09. The van der Waals surface area contributed by atoms with Crippen LogP contribution in [0.4, 0.5) is 5.69 Å². The largest absolute Gasteiger partial charge is 0.465 e. The van der Waals surface area contributed by atoms with Gasteiger partial charge in [-0.05, 0) is 36.4 Å². The molecule has 0 aliphatic carbocycles. The smallest absolute Gasteiger partial charge is 0.357 e. The van der Waals surface area contributed by atoms with E-state index in [9.17, 15) is 18.0 Å². The van der Waals surface area contributed by atoms with Crippen molar-refractivity contribution in [1.29, 1.82) is 0 Å². The maximum absolute atomic E-state index is 12.8. The Balaban J connectivity index is 1.86. The van der Waals surface area contributed by atoms with Crippen LogP contribution in [0.1, 0.15) is 20.8 Å². The van der Waals surface area contributed by atoms with Gasteiger partial charge in [0.2, 0.25) is 0 Å². The van der Waals surface area contributed by atoms with Gasteiger partial charge in [0.15, 0.2) is 5.69 Å². The Hall–Kier alpha value is -4.44. The predicted octanol–water partition coefficient (Wildman–Crippen LogP) is 3.91. The second kappa shape index (κ2) is 9.82. The predicted molar refractivity (Wildman–Crippen MR) is 129 cm³/mol. The van der Waals surface area contributed by atoms with Crippen molar-refractivity contribution in [2.45, 2.75) is 4.90 Å². The Labute approximate surface area is 202 Å². The third kappa shape index (κ3) is 4.78. The highest BCUT2D eigenvalue weighted by Gasteiger charge is 2.31. The average molecular weight is 492 g/mol. The summed E-state index contributed by atoms with van der Waals surface area (Å²) in [5.41, 5.74) is 1.06. The van der Waals surface area contributed by atoms with Crippen molar-refractivity contribution in [1.82, 2.24) is 9.78 Å². The summed E-state index contributed by atoms with van der Waals surface area (Å²) in [4.78, 5) is 25.6. The number of nitrogens with zero attached hydrogens (tertiary/aromatic N) is 2. The molecule has 35 heavy (non-hydrogen) atoms. The van der Waals surface area contributed by atoms with Crippen molar-refractivity contribution in [3.8, 4) is 16.9 Å². The number of benzene rings is 3. The van der Waals surface area contributed by atoms with Crippen molar-refractivity contribution >= 4 is 27.6 Å². The van der Waals surface area contributed by atoms with Crippen molar-refractivity contribution in [2.75, 3.05) is 18.9 Å². The fraction of sp³-hybridized carbons (Fsp3) is 0.0800. The molecule has 4 aromatic rings. The third-order valence-corrected chi connectivity index (χ3v) is 6.49. The van der Waals surface area contributed by atoms with Gasteiger partial charge in [-0.2, -0.15) is 5.10 Å². The van der Waals surface area contributed by atoms with E-state index in [0.29, 0.717) is 11.3 Å². The van der Waals surface area contributed by atoms with Crippen LogP contribution >= 0.6 is 0 Å². The summed E-state index contributed by atoms with van der Waals surface area (Å²) in [7, 11) is -1.46. The number of hydrogen-bond acceptors (Lipinski definition) is 7. The number of hydrogen-bond donors (Lipinski definition) is 1. The lowest BCUT2D eigenvalue weighted by molar-refractivity contribution is 0.0549. The van der Waals surface area contributed by atoms with Crippen LogP contribution in [0.5, 0.6) is 0 Å². The average Bonchev–Trinajstić information content (AvgIpc) is 3.29. The summed E-state index contributed by atoms with van der Waals surface area (Å²) in [6.07, 6.45) is 0. The maximum atomic E-state index is 12.8. The first kappa shape index (κ1) is 23.7. The number of para-hydroxylation sites is 1. The molecule has 0 amide bonds. The molecule has 1 aromatic heterocycles. The van der Waals surface area contributed by atoms with Gasteiger partial charge in [-0.15, -0.1) is 0 Å². The van der Waals surface area contributed by atoms with Crippen LogP contribution in [-0.4, -0.2) is 44.4 Å². The summed E-state index contributed by atoms with van der Waals surface area (Å²) in [5, 5.41) is 4.52. The number of carbonyl (C=O) groups excluding carboxylic acids is 2. The van der Waals surface area contributed by atoms with Gasteiger partial charge >= 0.3 is 11.9 Å². The number of ether oxygens (including phenoxy) is 2. The number of aromatic nitrogens is 2. The van der Waals surface area contributed by atoms with Gasteiger partial charge in [0.25, 0.3) is 10.0 Å². The highest BCUT2D eigenvalue weighted by atomic mass is 32.2. The molecule has 0 saturated carbocycles. The number of esters is 2. The molecule has 0 saturated heterocycles. The zero-order valence-electron chi connectivity index (χ0n) is 18.8. The molecular formula is C25H21N3O6S. The van der Waals surface area contributed by atoms with E-state index in [1.807, 2.05) is 0 Å². The monoisotopic (exact) mass is 491 g/mol. The molecule has 178 valence electrons. The van der Waals surface area contributed by atoms with Crippen LogP contribution in [-0.2, 0) is 19.5 Å². The summed E-state index contributed by atoms with van der Waals surface area (Å²) in [6.45, 7) is 0. The van der Waals surface area contributed by atoms with Gasteiger partial charge < -0.3 is 9.47 Å². The quantitative estimate of drug-likeness (QED) is 0.390. The molecule has 10 heteroatoms. The minimum atomic E-state index is -3.85. The van der Waals surface area contributed by atoms with Crippen LogP contribution in [0.2, 0.25) is 0 Å². The number of anilines is 1. The third-order valence-electron chi connectivity index (χ3n) is 5.10. The second-order valence-corrected chi connectivity index (χ2v) is 8.98. The lowest BCUT2D eigenvalue weighted by Crippen LogP contribution is -2.15. The van der Waals surface area contributed by atoms with E-state index >= 15 is 0 Å². The molecule has 0 aliphatic rings. The fourth-order valence-corrected chi connectivity index (χ4v) is 4.57.